The second-order valence-corrected chi connectivity index (χ2v) is 25.0. The molecule has 0 heterocycles. The number of nitrogens with zero attached hydrogens (tertiary/aromatic N) is 4. The van der Waals surface area contributed by atoms with Crippen molar-refractivity contribution in [2.45, 2.75) is 82.5 Å². The molecule has 0 fully saturated rings. The highest BCUT2D eigenvalue weighted by atomic mass is 16.5. The number of fused-ring (bicyclic) bond motifs is 4. The van der Waals surface area contributed by atoms with Crippen molar-refractivity contribution < 1.29 is 37.9 Å². The van der Waals surface area contributed by atoms with Gasteiger partial charge in [0.15, 0.2) is 23.0 Å². The number of hydrogen-bond donors (Lipinski definition) is 0. The fourth-order valence-electron chi connectivity index (χ4n) is 13.4. The SMILES string of the molecule is [C-]#[N+]c1c(Oc2ccccc2CC=C)cccc1Oc1cc2c(cc1Oc1cccc(Oc3ccccc3CC=C)c1[N+]#[C-])C1(CC(C)(C)c3cc(Oc4cccc(Oc5ccccc5CC=C)c4C#N)c(Oc4cccc(Oc5ccccc5CC=C)c4C#N)cc31)CC2(C)C. The molecule has 476 valence electrons. The standard InChI is InChI=1S/C85H68N4O8/c1-11-27-55-31-15-19-35-65(55)90-69-39-23-41-71(59(69)51-86)94-77-47-61-63(49-79(77)95-72-42-24-40-70(60(72)52-87)91-66-36-20-16-32-56(66)28-12-2)85(53-83(61,5)6)54-84(7,8)62-48-78(96-75-45-25-43-73(81(75)88-9)92-67-37-21-17-33-57(67)29-13-3)80(50-64(62)85)97-76-46-26-44-74(82(76)89-10)93-68-38-22-18-34-58(68)30-14-4/h11-26,31-50H,1-4,27-30,53-54H2,5-8H3. The third kappa shape index (κ3) is 12.9. The quantitative estimate of drug-likeness (QED) is 0.0426. The molecule has 0 saturated carbocycles. The lowest BCUT2D eigenvalue weighted by atomic mass is 9.72. The molecule has 0 bridgehead atoms. The van der Waals surface area contributed by atoms with Crippen LogP contribution in [0.25, 0.3) is 9.69 Å². The van der Waals surface area contributed by atoms with Gasteiger partial charge in [-0.05, 0) is 191 Å². The van der Waals surface area contributed by atoms with E-state index in [1.807, 2.05) is 121 Å². The van der Waals surface area contributed by atoms with Gasteiger partial charge >= 0.3 is 0 Å². The smallest absolute Gasteiger partial charge is 0.270 e. The maximum absolute atomic E-state index is 11.1. The van der Waals surface area contributed by atoms with E-state index >= 15 is 0 Å². The second kappa shape index (κ2) is 27.6. The molecule has 12 rings (SSSR count). The van der Waals surface area contributed by atoms with Gasteiger partial charge in [0.05, 0.1) is 13.1 Å². The van der Waals surface area contributed by atoms with Crippen LogP contribution in [0.4, 0.5) is 11.4 Å². The highest BCUT2D eigenvalue weighted by Crippen LogP contribution is 2.66. The lowest BCUT2D eigenvalue weighted by molar-refractivity contribution is 0.349. The predicted octanol–water partition coefficient (Wildman–Crippen LogP) is 23.4. The number of allylic oxidation sites excluding steroid dienone is 4. The average Bonchev–Trinajstić information content (AvgIpc) is 1.52. The van der Waals surface area contributed by atoms with Crippen LogP contribution in [0.15, 0.2) is 245 Å². The molecule has 10 aromatic rings. The number of para-hydroxylation sites is 6. The van der Waals surface area contributed by atoms with E-state index in [1.54, 1.807) is 97.1 Å². The Kier molecular flexibility index (Phi) is 18.4. The van der Waals surface area contributed by atoms with Crippen molar-refractivity contribution in [3.05, 3.63) is 323 Å². The lowest BCUT2D eigenvalue weighted by Gasteiger charge is -2.31. The first-order chi connectivity index (χ1) is 47.2. The largest absolute Gasteiger partial charge is 0.468 e. The summed E-state index contributed by atoms with van der Waals surface area (Å²) < 4.78 is 54.5. The van der Waals surface area contributed by atoms with Crippen molar-refractivity contribution in [3.8, 4) is 104 Å². The molecule has 0 aliphatic heterocycles. The van der Waals surface area contributed by atoms with Crippen LogP contribution < -0.4 is 37.9 Å². The minimum atomic E-state index is -0.774. The molecule has 10 aromatic carbocycles. The summed E-state index contributed by atoms with van der Waals surface area (Å²) in [7, 11) is 0. The molecule has 1 spiro atoms. The maximum Gasteiger partial charge on any atom is 0.270 e. The minimum Gasteiger partial charge on any atom is -0.468 e. The summed E-state index contributed by atoms with van der Waals surface area (Å²) in [5.74, 6) is 5.29. The van der Waals surface area contributed by atoms with Gasteiger partial charge in [-0.15, -0.1) is 26.3 Å². The Bertz CT molecular complexity index is 4640. The van der Waals surface area contributed by atoms with Crippen LogP contribution in [0.1, 0.15) is 96.2 Å². The molecule has 1 unspecified atom stereocenters. The molecular weight excluding hydrogens is 1200 g/mol. The zero-order valence-corrected chi connectivity index (χ0v) is 54.4. The summed E-state index contributed by atoms with van der Waals surface area (Å²) in [5, 5.41) is 22.1. The molecule has 97 heavy (non-hydrogen) atoms. The first kappa shape index (κ1) is 64.6. The highest BCUT2D eigenvalue weighted by molar-refractivity contribution is 5.74. The monoisotopic (exact) mass is 1270 g/mol. The molecule has 12 heteroatoms. The van der Waals surface area contributed by atoms with Crippen molar-refractivity contribution in [2.75, 3.05) is 0 Å². The highest BCUT2D eigenvalue weighted by Gasteiger charge is 2.57. The van der Waals surface area contributed by atoms with Gasteiger partial charge in [0.25, 0.3) is 11.4 Å². The van der Waals surface area contributed by atoms with Gasteiger partial charge in [-0.25, -0.2) is 9.69 Å². The first-order valence-electron chi connectivity index (χ1n) is 31.8. The van der Waals surface area contributed by atoms with Crippen LogP contribution in [-0.2, 0) is 41.9 Å². The molecular formula is C85H68N4O8. The normalized spacial score (nSPS) is 14.2. The van der Waals surface area contributed by atoms with E-state index < -0.39 is 16.2 Å². The van der Waals surface area contributed by atoms with Gasteiger partial charge < -0.3 is 37.9 Å². The van der Waals surface area contributed by atoms with Crippen LogP contribution in [0.5, 0.6) is 92.0 Å². The van der Waals surface area contributed by atoms with E-state index in [-0.39, 0.29) is 85.7 Å². The Morgan fingerprint density at radius 1 is 0.340 bits per heavy atom. The van der Waals surface area contributed by atoms with Crippen molar-refractivity contribution >= 4 is 11.4 Å². The third-order valence-electron chi connectivity index (χ3n) is 17.6. The fourth-order valence-corrected chi connectivity index (χ4v) is 13.4. The zero-order chi connectivity index (χ0) is 67.8. The van der Waals surface area contributed by atoms with E-state index in [9.17, 15) is 10.5 Å². The van der Waals surface area contributed by atoms with Crippen molar-refractivity contribution in [1.82, 2.24) is 0 Å². The molecule has 0 N–H and O–H groups in total. The van der Waals surface area contributed by atoms with Gasteiger partial charge in [-0.2, -0.15) is 10.5 Å². The van der Waals surface area contributed by atoms with Gasteiger partial charge in [0, 0.05) is 5.41 Å². The number of nitriles is 2. The van der Waals surface area contributed by atoms with E-state index in [2.05, 4.69) is 75.8 Å². The number of hydrogen-bond acceptors (Lipinski definition) is 10. The van der Waals surface area contributed by atoms with Gasteiger partial charge in [0.2, 0.25) is 0 Å². The van der Waals surface area contributed by atoms with Crippen LogP contribution in [0.3, 0.4) is 0 Å². The molecule has 0 radical (unpaired) electrons. The Balaban J connectivity index is 1.04. The topological polar surface area (TPSA) is 130 Å². The van der Waals surface area contributed by atoms with Crippen LogP contribution in [0.2, 0.25) is 0 Å². The molecule has 2 aliphatic rings. The zero-order valence-electron chi connectivity index (χ0n) is 54.4. The Morgan fingerprint density at radius 3 is 0.835 bits per heavy atom. The van der Waals surface area contributed by atoms with E-state index in [1.165, 1.54) is 0 Å². The lowest BCUT2D eigenvalue weighted by Crippen LogP contribution is -2.27. The van der Waals surface area contributed by atoms with E-state index in [0.29, 0.717) is 67.3 Å². The predicted molar refractivity (Wildman–Crippen MR) is 379 cm³/mol. The van der Waals surface area contributed by atoms with E-state index in [4.69, 9.17) is 51.0 Å². The summed E-state index contributed by atoms with van der Waals surface area (Å²) in [6.45, 7) is 41.8. The minimum absolute atomic E-state index is 0.121. The molecule has 1 atom stereocenters. The third-order valence-corrected chi connectivity index (χ3v) is 17.6. The van der Waals surface area contributed by atoms with Crippen molar-refractivity contribution in [2.24, 2.45) is 0 Å². The Morgan fingerprint density at radius 2 is 0.567 bits per heavy atom. The number of rotatable bonds is 24. The maximum atomic E-state index is 11.1. The fraction of sp³-hybridized carbons (Fsp3) is 0.153. The summed E-state index contributed by atoms with van der Waals surface area (Å²) >= 11 is 0. The molecule has 2 aliphatic carbocycles. The average molecular weight is 1270 g/mol. The summed E-state index contributed by atoms with van der Waals surface area (Å²) in [5.41, 5.74) is 5.99. The van der Waals surface area contributed by atoms with Crippen molar-refractivity contribution in [1.29, 1.82) is 10.5 Å². The Hall–Kier alpha value is -12.5. The first-order valence-corrected chi connectivity index (χ1v) is 31.8. The van der Waals surface area contributed by atoms with Gasteiger partial charge in [-0.3, -0.25) is 0 Å². The van der Waals surface area contributed by atoms with Gasteiger partial charge in [0.1, 0.15) is 92.3 Å². The molecule has 0 aromatic heterocycles. The van der Waals surface area contributed by atoms with Gasteiger partial charge in [-0.1, -0.05) is 149 Å². The Labute approximate surface area is 566 Å². The van der Waals surface area contributed by atoms with Crippen LogP contribution in [-0.4, -0.2) is 0 Å². The van der Waals surface area contributed by atoms with E-state index in [0.717, 1.165) is 44.5 Å². The van der Waals surface area contributed by atoms with Crippen LogP contribution >= 0.6 is 0 Å². The second-order valence-electron chi connectivity index (χ2n) is 25.0. The molecule has 0 amide bonds. The number of ether oxygens (including phenoxy) is 8. The van der Waals surface area contributed by atoms with Crippen molar-refractivity contribution in [3.63, 3.8) is 0 Å². The summed E-state index contributed by atoms with van der Waals surface area (Å²) in [6.07, 6.45) is 10.6. The number of benzene rings is 10. The molecule has 0 saturated heterocycles. The summed E-state index contributed by atoms with van der Waals surface area (Å²) in [6, 6.07) is 64.1. The molecule has 12 nitrogen and oxygen atoms in total. The summed E-state index contributed by atoms with van der Waals surface area (Å²) in [4.78, 5) is 8.04. The van der Waals surface area contributed by atoms with Crippen LogP contribution in [0, 0.1) is 35.8 Å².